The van der Waals surface area contributed by atoms with Crippen LogP contribution < -0.4 is 9.46 Å². The van der Waals surface area contributed by atoms with Gasteiger partial charge >= 0.3 is 0 Å². The van der Waals surface area contributed by atoms with Crippen molar-refractivity contribution in [2.45, 2.75) is 11.1 Å². The van der Waals surface area contributed by atoms with Crippen molar-refractivity contribution in [2.75, 3.05) is 13.2 Å². The number of ether oxygens (including phenoxy) is 1. The third kappa shape index (κ3) is 4.05. The molecule has 0 atom stereocenters. The predicted octanol–water partition coefficient (Wildman–Crippen LogP) is 2.41. The zero-order valence-electron chi connectivity index (χ0n) is 10.5. The van der Waals surface area contributed by atoms with Crippen molar-refractivity contribution in [1.29, 1.82) is 0 Å². The number of sulfonamides is 1. The Kier molecular flexibility index (Phi) is 4.57. The molecule has 0 aliphatic heterocycles. The van der Waals surface area contributed by atoms with Gasteiger partial charge in [0.2, 0.25) is 10.0 Å². The standard InChI is InChI=1S/C13H15NO3S2/c1-11-4-2-5-12(10-11)17-8-7-14-19(15,16)13-6-3-9-18-13/h2-6,9-10,14H,7-8H2,1H3. The molecule has 1 N–H and O–H groups in total. The summed E-state index contributed by atoms with van der Waals surface area (Å²) in [7, 11) is -3.39. The fourth-order valence-electron chi connectivity index (χ4n) is 1.54. The number of hydrogen-bond donors (Lipinski definition) is 1. The molecule has 0 unspecified atom stereocenters. The van der Waals surface area contributed by atoms with Crippen molar-refractivity contribution in [3.05, 3.63) is 47.3 Å². The van der Waals surface area contributed by atoms with Gasteiger partial charge in [-0.1, -0.05) is 18.2 Å². The van der Waals surface area contributed by atoms with Crippen LogP contribution in [0.4, 0.5) is 0 Å². The molecule has 1 aromatic heterocycles. The number of rotatable bonds is 6. The van der Waals surface area contributed by atoms with Crippen LogP contribution in [0.15, 0.2) is 46.0 Å². The van der Waals surface area contributed by atoms with Crippen molar-refractivity contribution in [2.24, 2.45) is 0 Å². The van der Waals surface area contributed by atoms with E-state index in [2.05, 4.69) is 4.72 Å². The lowest BCUT2D eigenvalue weighted by atomic mass is 10.2. The molecule has 0 amide bonds. The molecule has 1 aromatic carbocycles. The van der Waals surface area contributed by atoms with Gasteiger partial charge in [-0.25, -0.2) is 13.1 Å². The highest BCUT2D eigenvalue weighted by Crippen LogP contribution is 2.15. The Morgan fingerprint density at radius 1 is 1.26 bits per heavy atom. The Morgan fingerprint density at radius 3 is 2.79 bits per heavy atom. The molecule has 0 radical (unpaired) electrons. The smallest absolute Gasteiger partial charge is 0.250 e. The molecule has 0 aliphatic rings. The second kappa shape index (κ2) is 6.18. The van der Waals surface area contributed by atoms with Gasteiger partial charge in [0.15, 0.2) is 0 Å². The number of aryl methyl sites for hydroxylation is 1. The molecule has 0 bridgehead atoms. The van der Waals surface area contributed by atoms with Gasteiger partial charge in [-0.3, -0.25) is 0 Å². The summed E-state index contributed by atoms with van der Waals surface area (Å²) in [5.74, 6) is 0.746. The largest absolute Gasteiger partial charge is 0.492 e. The molecule has 0 fully saturated rings. The van der Waals surface area contributed by atoms with Crippen LogP contribution in [0.1, 0.15) is 5.56 Å². The highest BCUT2D eigenvalue weighted by molar-refractivity contribution is 7.91. The van der Waals surface area contributed by atoms with Gasteiger partial charge in [-0.15, -0.1) is 11.3 Å². The molecule has 19 heavy (non-hydrogen) atoms. The lowest BCUT2D eigenvalue weighted by Crippen LogP contribution is -2.27. The van der Waals surface area contributed by atoms with E-state index in [9.17, 15) is 8.42 Å². The van der Waals surface area contributed by atoms with Gasteiger partial charge in [-0.2, -0.15) is 0 Å². The normalized spacial score (nSPS) is 11.4. The van der Waals surface area contributed by atoms with Crippen LogP contribution in [0, 0.1) is 6.92 Å². The molecule has 102 valence electrons. The summed E-state index contributed by atoms with van der Waals surface area (Å²) in [6, 6.07) is 10.9. The quantitative estimate of drug-likeness (QED) is 0.833. The molecule has 0 saturated carbocycles. The van der Waals surface area contributed by atoms with E-state index in [0.717, 1.165) is 11.3 Å². The van der Waals surface area contributed by atoms with Crippen LogP contribution in [-0.2, 0) is 10.0 Å². The van der Waals surface area contributed by atoms with E-state index < -0.39 is 10.0 Å². The Hall–Kier alpha value is -1.37. The first-order valence-corrected chi connectivity index (χ1v) is 8.17. The molecule has 2 aromatic rings. The second-order valence-electron chi connectivity index (χ2n) is 3.99. The average Bonchev–Trinajstić information content (AvgIpc) is 2.89. The van der Waals surface area contributed by atoms with Crippen molar-refractivity contribution in [3.63, 3.8) is 0 Å². The van der Waals surface area contributed by atoms with Crippen molar-refractivity contribution in [3.8, 4) is 5.75 Å². The Morgan fingerprint density at radius 2 is 2.11 bits per heavy atom. The zero-order valence-corrected chi connectivity index (χ0v) is 12.1. The fourth-order valence-corrected chi connectivity index (χ4v) is 3.59. The topological polar surface area (TPSA) is 55.4 Å². The lowest BCUT2D eigenvalue weighted by molar-refractivity contribution is 0.322. The monoisotopic (exact) mass is 297 g/mol. The van der Waals surface area contributed by atoms with E-state index in [4.69, 9.17) is 4.74 Å². The van der Waals surface area contributed by atoms with Crippen LogP contribution >= 0.6 is 11.3 Å². The first kappa shape index (κ1) is 14.0. The second-order valence-corrected chi connectivity index (χ2v) is 6.94. The third-order valence-electron chi connectivity index (χ3n) is 2.41. The van der Waals surface area contributed by atoms with Crippen molar-refractivity contribution < 1.29 is 13.2 Å². The van der Waals surface area contributed by atoms with Crippen LogP contribution in [0.25, 0.3) is 0 Å². The highest BCUT2D eigenvalue weighted by Gasteiger charge is 2.13. The maximum Gasteiger partial charge on any atom is 0.250 e. The maximum absolute atomic E-state index is 11.8. The van der Waals surface area contributed by atoms with Crippen LogP contribution in [0.3, 0.4) is 0 Å². The summed E-state index contributed by atoms with van der Waals surface area (Å²) in [4.78, 5) is 0. The molecule has 1 heterocycles. The van der Waals surface area contributed by atoms with Gasteiger partial charge in [0.05, 0.1) is 0 Å². The average molecular weight is 297 g/mol. The number of nitrogens with one attached hydrogen (secondary N) is 1. The van der Waals surface area contributed by atoms with E-state index in [-0.39, 0.29) is 6.54 Å². The van der Waals surface area contributed by atoms with Crippen molar-refractivity contribution >= 4 is 21.4 Å². The summed E-state index contributed by atoms with van der Waals surface area (Å²) in [5, 5.41) is 1.73. The number of hydrogen-bond acceptors (Lipinski definition) is 4. The summed E-state index contributed by atoms with van der Waals surface area (Å²) in [5.41, 5.74) is 1.11. The van der Waals surface area contributed by atoms with Gasteiger partial charge in [-0.05, 0) is 36.1 Å². The minimum absolute atomic E-state index is 0.244. The van der Waals surface area contributed by atoms with Gasteiger partial charge in [0, 0.05) is 6.54 Å². The highest BCUT2D eigenvalue weighted by atomic mass is 32.2. The SMILES string of the molecule is Cc1cccc(OCCNS(=O)(=O)c2cccs2)c1. The minimum Gasteiger partial charge on any atom is -0.492 e. The van der Waals surface area contributed by atoms with E-state index in [0.29, 0.717) is 10.8 Å². The number of benzene rings is 1. The van der Waals surface area contributed by atoms with E-state index >= 15 is 0 Å². The van der Waals surface area contributed by atoms with E-state index in [1.165, 1.54) is 11.3 Å². The molecule has 2 rings (SSSR count). The summed E-state index contributed by atoms with van der Waals surface area (Å²) in [6.07, 6.45) is 0. The number of thiophene rings is 1. The molecule has 6 heteroatoms. The summed E-state index contributed by atoms with van der Waals surface area (Å²) >= 11 is 1.19. The van der Waals surface area contributed by atoms with Crippen LogP contribution in [0.5, 0.6) is 5.75 Å². The molecular weight excluding hydrogens is 282 g/mol. The first-order chi connectivity index (χ1) is 9.08. The summed E-state index contributed by atoms with van der Waals surface area (Å²) in [6.45, 7) is 2.52. The fraction of sp³-hybridized carbons (Fsp3) is 0.231. The third-order valence-corrected chi connectivity index (χ3v) is 5.27. The maximum atomic E-state index is 11.8. The Bertz CT molecular complexity index is 621. The van der Waals surface area contributed by atoms with E-state index in [1.54, 1.807) is 17.5 Å². The van der Waals surface area contributed by atoms with Crippen LogP contribution in [0.2, 0.25) is 0 Å². The Balaban J connectivity index is 1.81. The van der Waals surface area contributed by atoms with Gasteiger partial charge in [0.1, 0.15) is 16.6 Å². The minimum atomic E-state index is -3.39. The molecule has 0 aliphatic carbocycles. The molecule has 0 saturated heterocycles. The first-order valence-electron chi connectivity index (χ1n) is 5.80. The summed E-state index contributed by atoms with van der Waals surface area (Å²) < 4.78 is 31.9. The van der Waals surface area contributed by atoms with Gasteiger partial charge < -0.3 is 4.74 Å². The Labute approximate surface area is 117 Å². The molecule has 0 spiro atoms. The molecular formula is C13H15NO3S2. The van der Waals surface area contributed by atoms with E-state index in [1.807, 2.05) is 31.2 Å². The van der Waals surface area contributed by atoms with Crippen molar-refractivity contribution in [1.82, 2.24) is 4.72 Å². The van der Waals surface area contributed by atoms with Gasteiger partial charge in [0.25, 0.3) is 0 Å². The zero-order chi connectivity index (χ0) is 13.7. The lowest BCUT2D eigenvalue weighted by Gasteiger charge is -2.08. The molecule has 4 nitrogen and oxygen atoms in total. The predicted molar refractivity (Wildman–Crippen MR) is 76.2 cm³/mol. The van der Waals surface area contributed by atoms with Crippen LogP contribution in [-0.4, -0.2) is 21.6 Å².